The first kappa shape index (κ1) is 13.1. The molecule has 1 aromatic heterocycles. The molecule has 0 aromatic carbocycles. The monoisotopic (exact) mass is 300 g/mol. The van der Waals surface area contributed by atoms with Gasteiger partial charge in [-0.15, -0.1) is 0 Å². The second-order valence-corrected chi connectivity index (χ2v) is 7.85. The van der Waals surface area contributed by atoms with Gasteiger partial charge in [0, 0.05) is 25.1 Å². The van der Waals surface area contributed by atoms with Gasteiger partial charge in [-0.1, -0.05) is 5.16 Å². The van der Waals surface area contributed by atoms with Gasteiger partial charge in [0.25, 0.3) is 5.91 Å². The van der Waals surface area contributed by atoms with Gasteiger partial charge in [-0.3, -0.25) is 4.79 Å². The molecule has 1 saturated heterocycles. The van der Waals surface area contributed by atoms with Gasteiger partial charge in [0.05, 0.1) is 0 Å². The molecule has 0 spiro atoms. The second-order valence-electron chi connectivity index (χ2n) is 7.85. The average molecular weight is 300 g/mol. The van der Waals surface area contributed by atoms with Crippen LogP contribution in [-0.4, -0.2) is 29.1 Å². The maximum Gasteiger partial charge on any atom is 0.276 e. The number of aromatic nitrogens is 1. The molecular weight excluding hydrogens is 276 g/mol. The highest BCUT2D eigenvalue weighted by atomic mass is 16.5. The third-order valence-corrected chi connectivity index (χ3v) is 6.88. The van der Waals surface area contributed by atoms with Crippen LogP contribution in [0.5, 0.6) is 0 Å². The fourth-order valence-electron chi connectivity index (χ4n) is 5.72. The van der Waals surface area contributed by atoms with Crippen molar-refractivity contribution in [3.8, 4) is 0 Å². The van der Waals surface area contributed by atoms with Gasteiger partial charge in [0.15, 0.2) is 5.69 Å². The smallest absolute Gasteiger partial charge is 0.276 e. The summed E-state index contributed by atoms with van der Waals surface area (Å²) in [5, 5.41) is 4.15. The molecule has 4 fully saturated rings. The van der Waals surface area contributed by atoms with Crippen molar-refractivity contribution in [1.82, 2.24) is 10.1 Å². The average Bonchev–Trinajstić information content (AvgIpc) is 3.21. The van der Waals surface area contributed by atoms with Gasteiger partial charge in [-0.05, 0) is 68.6 Å². The van der Waals surface area contributed by atoms with E-state index >= 15 is 0 Å². The molecule has 2 bridgehead atoms. The standard InChI is InChI=1S/C18H24N2O2/c21-18(17-13-3-1-2-4-16(13)22-19-17)20-9-14-11-5-6-12(8-7-11)15(14)10-20/h11-12,14-15H,1-10H2/t11?,12?,14-,15+. The van der Waals surface area contributed by atoms with Crippen LogP contribution in [-0.2, 0) is 12.8 Å². The Morgan fingerprint density at radius 1 is 1.00 bits per heavy atom. The van der Waals surface area contributed by atoms with Crippen molar-refractivity contribution in [1.29, 1.82) is 0 Å². The topological polar surface area (TPSA) is 46.3 Å². The van der Waals surface area contributed by atoms with Crippen LogP contribution >= 0.6 is 0 Å². The molecule has 1 amide bonds. The number of hydrogen-bond acceptors (Lipinski definition) is 3. The fourth-order valence-corrected chi connectivity index (χ4v) is 5.72. The van der Waals surface area contributed by atoms with Crippen molar-refractivity contribution in [3.05, 3.63) is 17.0 Å². The number of likely N-dealkylation sites (tertiary alicyclic amines) is 1. The lowest BCUT2D eigenvalue weighted by molar-refractivity contribution is 0.0577. The van der Waals surface area contributed by atoms with Crippen LogP contribution in [0.2, 0.25) is 0 Å². The summed E-state index contributed by atoms with van der Waals surface area (Å²) in [6, 6.07) is 0. The Kier molecular flexibility index (Phi) is 2.89. The summed E-state index contributed by atoms with van der Waals surface area (Å²) in [7, 11) is 0. The lowest BCUT2D eigenvalue weighted by Crippen LogP contribution is -2.38. The summed E-state index contributed by atoms with van der Waals surface area (Å²) >= 11 is 0. The number of nitrogens with zero attached hydrogens (tertiary/aromatic N) is 2. The first-order valence-corrected chi connectivity index (χ1v) is 9.08. The first-order valence-electron chi connectivity index (χ1n) is 9.08. The summed E-state index contributed by atoms with van der Waals surface area (Å²) in [6.07, 6.45) is 9.81. The quantitative estimate of drug-likeness (QED) is 0.801. The van der Waals surface area contributed by atoms with Gasteiger partial charge in [-0.2, -0.15) is 0 Å². The van der Waals surface area contributed by atoms with Crippen LogP contribution in [0.15, 0.2) is 4.52 Å². The highest BCUT2D eigenvalue weighted by Gasteiger charge is 2.49. The van der Waals surface area contributed by atoms with E-state index in [2.05, 4.69) is 10.1 Å². The zero-order chi connectivity index (χ0) is 14.7. The Hall–Kier alpha value is -1.32. The Morgan fingerprint density at radius 3 is 2.32 bits per heavy atom. The van der Waals surface area contributed by atoms with Crippen LogP contribution in [0.1, 0.15) is 60.3 Å². The van der Waals surface area contributed by atoms with Crippen LogP contribution in [0, 0.1) is 23.7 Å². The van der Waals surface area contributed by atoms with E-state index in [0.717, 1.165) is 73.8 Å². The molecule has 4 nitrogen and oxygen atoms in total. The van der Waals surface area contributed by atoms with E-state index in [4.69, 9.17) is 4.52 Å². The summed E-state index contributed by atoms with van der Waals surface area (Å²) in [5.74, 6) is 4.38. The SMILES string of the molecule is O=C(c1noc2c1CCCC2)N1C[C@@H]2C3CCC(CC3)[C@@H]2C1. The van der Waals surface area contributed by atoms with Crippen molar-refractivity contribution in [2.24, 2.45) is 23.7 Å². The molecule has 118 valence electrons. The lowest BCUT2D eigenvalue weighted by Gasteiger charge is -2.44. The molecule has 5 aliphatic rings. The van der Waals surface area contributed by atoms with Gasteiger partial charge in [0.2, 0.25) is 0 Å². The number of fused-ring (bicyclic) bond motifs is 3. The number of amides is 1. The maximum atomic E-state index is 13.0. The zero-order valence-corrected chi connectivity index (χ0v) is 13.1. The number of aryl methyl sites for hydroxylation is 1. The highest BCUT2D eigenvalue weighted by Crippen LogP contribution is 2.52. The van der Waals surface area contributed by atoms with E-state index in [1.807, 2.05) is 0 Å². The third-order valence-electron chi connectivity index (χ3n) is 6.88. The molecule has 22 heavy (non-hydrogen) atoms. The molecule has 0 unspecified atom stereocenters. The predicted molar refractivity (Wildman–Crippen MR) is 81.5 cm³/mol. The minimum absolute atomic E-state index is 0.140. The largest absolute Gasteiger partial charge is 0.360 e. The van der Waals surface area contributed by atoms with E-state index in [1.54, 1.807) is 0 Å². The summed E-state index contributed by atoms with van der Waals surface area (Å²) < 4.78 is 5.44. The summed E-state index contributed by atoms with van der Waals surface area (Å²) in [5.41, 5.74) is 1.73. The molecule has 2 heterocycles. The highest BCUT2D eigenvalue weighted by molar-refractivity contribution is 5.94. The van der Waals surface area contributed by atoms with Crippen molar-refractivity contribution in [2.75, 3.05) is 13.1 Å². The molecule has 1 aliphatic heterocycles. The number of hydrogen-bond donors (Lipinski definition) is 0. The van der Waals surface area contributed by atoms with E-state index in [1.165, 1.54) is 25.7 Å². The predicted octanol–water partition coefficient (Wildman–Crippen LogP) is 3.06. The van der Waals surface area contributed by atoms with Gasteiger partial charge in [0.1, 0.15) is 5.76 Å². The van der Waals surface area contributed by atoms with Crippen LogP contribution < -0.4 is 0 Å². The molecule has 6 rings (SSSR count). The Morgan fingerprint density at radius 2 is 1.64 bits per heavy atom. The van der Waals surface area contributed by atoms with E-state index in [-0.39, 0.29) is 5.91 Å². The van der Waals surface area contributed by atoms with E-state index < -0.39 is 0 Å². The number of carbonyl (C=O) groups excluding carboxylic acids is 1. The Labute approximate surface area is 131 Å². The molecule has 3 saturated carbocycles. The lowest BCUT2D eigenvalue weighted by atomic mass is 9.60. The number of carbonyl (C=O) groups is 1. The Bertz CT molecular complexity index is 580. The first-order chi connectivity index (χ1) is 10.8. The fraction of sp³-hybridized carbons (Fsp3) is 0.778. The molecule has 0 radical (unpaired) electrons. The van der Waals surface area contributed by atoms with Crippen molar-refractivity contribution in [2.45, 2.75) is 51.4 Å². The summed E-state index contributed by atoms with van der Waals surface area (Å²) in [6.45, 7) is 1.93. The van der Waals surface area contributed by atoms with Crippen molar-refractivity contribution >= 4 is 5.91 Å². The van der Waals surface area contributed by atoms with Crippen LogP contribution in [0.4, 0.5) is 0 Å². The van der Waals surface area contributed by atoms with Crippen molar-refractivity contribution < 1.29 is 9.32 Å². The summed E-state index contributed by atoms with van der Waals surface area (Å²) in [4.78, 5) is 15.1. The Balaban J connectivity index is 1.39. The van der Waals surface area contributed by atoms with Crippen molar-refractivity contribution in [3.63, 3.8) is 0 Å². The molecule has 2 atom stereocenters. The van der Waals surface area contributed by atoms with E-state index in [9.17, 15) is 4.79 Å². The molecule has 4 heteroatoms. The minimum Gasteiger partial charge on any atom is -0.360 e. The molecule has 1 aromatic rings. The van der Waals surface area contributed by atoms with Gasteiger partial charge < -0.3 is 9.42 Å². The zero-order valence-electron chi connectivity index (χ0n) is 13.1. The molecule has 4 aliphatic carbocycles. The normalized spacial score (nSPS) is 36.3. The minimum atomic E-state index is 0.140. The second kappa shape index (κ2) is 4.84. The van der Waals surface area contributed by atoms with Gasteiger partial charge >= 0.3 is 0 Å². The van der Waals surface area contributed by atoms with E-state index in [0.29, 0.717) is 5.69 Å². The van der Waals surface area contributed by atoms with Crippen LogP contribution in [0.3, 0.4) is 0 Å². The number of rotatable bonds is 1. The maximum absolute atomic E-state index is 13.0. The van der Waals surface area contributed by atoms with Crippen LogP contribution in [0.25, 0.3) is 0 Å². The molecule has 0 N–H and O–H groups in total. The molecular formula is C18H24N2O2. The third kappa shape index (κ3) is 1.82. The van der Waals surface area contributed by atoms with Gasteiger partial charge in [-0.25, -0.2) is 0 Å².